The fraction of sp³-hybridized carbons (Fsp3) is 0.579. The van der Waals surface area contributed by atoms with E-state index >= 15 is 0 Å². The van der Waals surface area contributed by atoms with E-state index < -0.39 is 12.1 Å². The van der Waals surface area contributed by atoms with Crippen molar-refractivity contribution in [3.63, 3.8) is 0 Å². The number of unbranched alkanes of at least 4 members (excludes halogenated alkanes) is 1. The second-order valence-electron chi connectivity index (χ2n) is 7.00. The lowest BCUT2D eigenvalue weighted by atomic mass is 9.87. The van der Waals surface area contributed by atoms with Gasteiger partial charge in [0.05, 0.1) is 12.1 Å². The highest BCUT2D eigenvalue weighted by Gasteiger charge is 2.36. The molecule has 1 aliphatic rings. The predicted molar refractivity (Wildman–Crippen MR) is 100 cm³/mol. The highest BCUT2D eigenvalue weighted by Crippen LogP contribution is 2.26. The topological polar surface area (TPSA) is 75.4 Å². The number of fused-ring (bicyclic) bond motifs is 1. The average Bonchev–Trinajstić information content (AvgIpc) is 2.62. The van der Waals surface area contributed by atoms with Gasteiger partial charge in [-0.3, -0.25) is 9.59 Å². The molecule has 138 valence electrons. The zero-order valence-corrected chi connectivity index (χ0v) is 15.8. The van der Waals surface area contributed by atoms with Crippen molar-refractivity contribution in [2.45, 2.75) is 58.2 Å². The second-order valence-corrected chi connectivity index (χ2v) is 7.27. The molecule has 1 aromatic rings. The lowest BCUT2D eigenvalue weighted by molar-refractivity contribution is -0.143. The van der Waals surface area contributed by atoms with Crippen LogP contribution in [-0.2, 0) is 22.6 Å². The number of halogens is 1. The molecule has 0 unspecified atom stereocenters. The van der Waals surface area contributed by atoms with Crippen LogP contribution in [0.2, 0.25) is 0 Å². The van der Waals surface area contributed by atoms with E-state index in [2.05, 4.69) is 4.84 Å². The third-order valence-electron chi connectivity index (χ3n) is 4.78. The van der Waals surface area contributed by atoms with Gasteiger partial charge in [0.15, 0.2) is 5.78 Å². The van der Waals surface area contributed by atoms with Crippen LogP contribution in [0.25, 0.3) is 0 Å². The summed E-state index contributed by atoms with van der Waals surface area (Å²) in [6.07, 6.45) is 2.85. The van der Waals surface area contributed by atoms with Gasteiger partial charge in [0.25, 0.3) is 0 Å². The molecule has 3 N–H and O–H groups in total. The van der Waals surface area contributed by atoms with E-state index in [9.17, 15) is 9.59 Å². The number of carbonyl (C=O) groups excluding carboxylic acids is 2. The summed E-state index contributed by atoms with van der Waals surface area (Å²) in [7, 11) is 0. The van der Waals surface area contributed by atoms with Gasteiger partial charge in [-0.05, 0) is 35.7 Å². The minimum absolute atomic E-state index is 0.0985. The number of hydrogen-bond donors (Lipinski definition) is 2. The van der Waals surface area contributed by atoms with Crippen molar-refractivity contribution in [3.05, 3.63) is 35.4 Å². The van der Waals surface area contributed by atoms with E-state index in [1.807, 2.05) is 38.1 Å². The highest BCUT2D eigenvalue weighted by molar-refractivity contribution is 6.13. The molecule has 0 fully saturated rings. The van der Waals surface area contributed by atoms with Gasteiger partial charge in [-0.25, -0.2) is 4.84 Å². The lowest BCUT2D eigenvalue weighted by Crippen LogP contribution is -2.54. The third kappa shape index (κ3) is 5.03. The van der Waals surface area contributed by atoms with Crippen LogP contribution in [-0.4, -0.2) is 35.2 Å². The average molecular weight is 366 g/mol. The van der Waals surface area contributed by atoms with Crippen molar-refractivity contribution in [1.82, 2.24) is 9.74 Å². The molecular weight excluding hydrogens is 338 g/mol. The van der Waals surface area contributed by atoms with Crippen LogP contribution < -0.4 is 10.6 Å². The van der Waals surface area contributed by atoms with Gasteiger partial charge in [0.2, 0.25) is 5.91 Å². The Balaban J connectivity index is 2.14. The number of Topliss-reactive ketones (excluding diaryl/α,β-unsaturated/α-hetero) is 1. The fourth-order valence-electron chi connectivity index (χ4n) is 3.29. The summed E-state index contributed by atoms with van der Waals surface area (Å²) in [6.45, 7) is 4.90. The Morgan fingerprint density at radius 3 is 2.60 bits per heavy atom. The minimum atomic E-state index is -0.581. The van der Waals surface area contributed by atoms with Crippen molar-refractivity contribution >= 4 is 23.5 Å². The number of carbonyl (C=O) groups is 2. The molecule has 0 radical (unpaired) electrons. The van der Waals surface area contributed by atoms with Crippen LogP contribution in [0.4, 0.5) is 0 Å². The van der Waals surface area contributed by atoms with Gasteiger partial charge < -0.3 is 10.6 Å². The first kappa shape index (κ1) is 19.9. The lowest BCUT2D eigenvalue weighted by Gasteiger charge is -2.38. The van der Waals surface area contributed by atoms with Crippen molar-refractivity contribution in [3.8, 4) is 0 Å². The predicted octanol–water partition coefficient (Wildman–Crippen LogP) is 2.41. The number of nitrogens with one attached hydrogen (secondary N) is 1. The van der Waals surface area contributed by atoms with Gasteiger partial charge >= 0.3 is 0 Å². The van der Waals surface area contributed by atoms with E-state index in [1.165, 1.54) is 0 Å². The largest absolute Gasteiger partial charge is 0.327 e. The van der Waals surface area contributed by atoms with Crippen LogP contribution in [0.5, 0.6) is 0 Å². The van der Waals surface area contributed by atoms with Crippen molar-refractivity contribution in [2.24, 2.45) is 11.7 Å². The van der Waals surface area contributed by atoms with Crippen LogP contribution >= 0.6 is 11.8 Å². The Morgan fingerprint density at radius 1 is 1.28 bits per heavy atom. The number of nitrogens with zero attached hydrogens (tertiary/aromatic N) is 1. The molecule has 0 saturated carbocycles. The molecule has 0 spiro atoms. The molecule has 1 amide bonds. The zero-order valence-electron chi connectivity index (χ0n) is 15.0. The quantitative estimate of drug-likeness (QED) is 0.548. The van der Waals surface area contributed by atoms with Gasteiger partial charge in [-0.2, -0.15) is 0 Å². The summed E-state index contributed by atoms with van der Waals surface area (Å²) in [6, 6.07) is 7.00. The summed E-state index contributed by atoms with van der Waals surface area (Å²) in [5.41, 5.74) is 8.38. The Kier molecular flexibility index (Phi) is 7.41. The Hall–Kier alpha value is -1.43. The molecule has 1 aromatic carbocycles. The first-order valence-corrected chi connectivity index (χ1v) is 9.33. The summed E-state index contributed by atoms with van der Waals surface area (Å²) >= 11 is 5.44. The fourth-order valence-corrected chi connectivity index (χ4v) is 3.42. The molecule has 25 heavy (non-hydrogen) atoms. The molecule has 1 aliphatic heterocycles. The highest BCUT2D eigenvalue weighted by atomic mass is 35.5. The van der Waals surface area contributed by atoms with E-state index in [0.29, 0.717) is 25.9 Å². The molecule has 0 bridgehead atoms. The molecule has 0 saturated heterocycles. The summed E-state index contributed by atoms with van der Waals surface area (Å²) in [5, 5.41) is 0. The standard InChI is InChI=1S/C19H28ClN3O2/c1-13(2)18(24)17-11-14-7-3-4-8-15(14)12-23(17)19(25)16(21)9-5-6-10-22-20/h3-4,7-8,13,16-17,22H,5-6,9-12,21H2,1-2H3/t16-,17-/m1/s1. The monoisotopic (exact) mass is 365 g/mol. The molecule has 5 nitrogen and oxygen atoms in total. The molecule has 0 aliphatic carbocycles. The second kappa shape index (κ2) is 9.32. The van der Waals surface area contributed by atoms with Gasteiger partial charge in [0.1, 0.15) is 0 Å². The third-order valence-corrected chi connectivity index (χ3v) is 4.97. The Bertz CT molecular complexity index is 606. The van der Waals surface area contributed by atoms with E-state index in [0.717, 1.165) is 24.0 Å². The SMILES string of the molecule is CC(C)C(=O)[C@H]1Cc2ccccc2CN1C(=O)[C@H](N)CCCCNCl. The normalized spacial score (nSPS) is 18.1. The first-order chi connectivity index (χ1) is 12.0. The van der Waals surface area contributed by atoms with Crippen molar-refractivity contribution in [1.29, 1.82) is 0 Å². The van der Waals surface area contributed by atoms with Gasteiger partial charge in [-0.1, -0.05) is 44.5 Å². The van der Waals surface area contributed by atoms with Crippen LogP contribution in [0.3, 0.4) is 0 Å². The number of hydrogen-bond acceptors (Lipinski definition) is 4. The minimum Gasteiger partial charge on any atom is -0.327 e. The molecule has 0 aromatic heterocycles. The Labute approximate surface area is 155 Å². The Morgan fingerprint density at radius 2 is 1.96 bits per heavy atom. The number of benzene rings is 1. The summed E-state index contributed by atoms with van der Waals surface area (Å²) in [4.78, 5) is 29.9. The van der Waals surface area contributed by atoms with Gasteiger partial charge in [0, 0.05) is 25.4 Å². The summed E-state index contributed by atoms with van der Waals surface area (Å²) < 4.78 is 0. The van der Waals surface area contributed by atoms with E-state index in [4.69, 9.17) is 17.5 Å². The number of ketones is 1. The maximum atomic E-state index is 12.9. The van der Waals surface area contributed by atoms with Crippen molar-refractivity contribution in [2.75, 3.05) is 6.54 Å². The molecule has 6 heteroatoms. The van der Waals surface area contributed by atoms with Crippen LogP contribution in [0, 0.1) is 5.92 Å². The van der Waals surface area contributed by atoms with Gasteiger partial charge in [-0.15, -0.1) is 0 Å². The number of amides is 1. The first-order valence-electron chi connectivity index (χ1n) is 8.95. The van der Waals surface area contributed by atoms with Crippen molar-refractivity contribution < 1.29 is 9.59 Å². The summed E-state index contributed by atoms with van der Waals surface area (Å²) in [5.74, 6) is -0.148. The maximum Gasteiger partial charge on any atom is 0.240 e. The zero-order chi connectivity index (χ0) is 18.4. The number of nitrogens with two attached hydrogens (primary N) is 1. The maximum absolute atomic E-state index is 12.9. The van der Waals surface area contributed by atoms with E-state index in [-0.39, 0.29) is 17.6 Å². The van der Waals surface area contributed by atoms with Crippen LogP contribution in [0.1, 0.15) is 44.2 Å². The molecule has 1 heterocycles. The van der Waals surface area contributed by atoms with E-state index in [1.54, 1.807) is 4.90 Å². The van der Waals surface area contributed by atoms with Crippen LogP contribution in [0.15, 0.2) is 24.3 Å². The molecule has 2 rings (SSSR count). The molecular formula is C19H28ClN3O2. The molecule has 2 atom stereocenters. The smallest absolute Gasteiger partial charge is 0.240 e. The number of rotatable bonds is 8.